The van der Waals surface area contributed by atoms with Crippen molar-refractivity contribution in [2.24, 2.45) is 5.92 Å². The molecule has 1 aliphatic heterocycles. The van der Waals surface area contributed by atoms with E-state index in [-0.39, 0.29) is 6.42 Å². The highest BCUT2D eigenvalue weighted by Crippen LogP contribution is 2.23. The van der Waals surface area contributed by atoms with Crippen LogP contribution < -0.4 is 5.32 Å². The highest BCUT2D eigenvalue weighted by Gasteiger charge is 2.44. The quantitative estimate of drug-likeness (QED) is 0.0277. The molecule has 0 unspecified atom stereocenters. The van der Waals surface area contributed by atoms with Crippen molar-refractivity contribution in [2.45, 2.75) is 281 Å². The van der Waals surface area contributed by atoms with Gasteiger partial charge in [0.1, 0.15) is 36.6 Å². The number of hydrogen-bond donors (Lipinski definition) is 8. The molecule has 0 aromatic carbocycles. The number of carbonyl (C=O) groups is 1. The largest absolute Gasteiger partial charge is 0.394 e. The first-order valence-electron chi connectivity index (χ1n) is 24.8. The first-order valence-corrected chi connectivity index (χ1v) is 24.8. The molecule has 0 aliphatic carbocycles. The van der Waals surface area contributed by atoms with Crippen molar-refractivity contribution >= 4 is 5.91 Å². The van der Waals surface area contributed by atoms with Crippen LogP contribution in [0.2, 0.25) is 0 Å². The fraction of sp³-hybridized carbons (Fsp3) is 0.979. The Labute approximate surface area is 360 Å². The molecule has 8 N–H and O–H groups in total. The molecule has 11 nitrogen and oxygen atoms in total. The van der Waals surface area contributed by atoms with Crippen LogP contribution in [0.5, 0.6) is 0 Å². The molecule has 0 aromatic rings. The highest BCUT2D eigenvalue weighted by atomic mass is 16.7. The van der Waals surface area contributed by atoms with E-state index in [0.29, 0.717) is 19.3 Å². The molecule has 1 rings (SSSR count). The summed E-state index contributed by atoms with van der Waals surface area (Å²) in [6, 6.07) is -1.16. The molecule has 1 amide bonds. The van der Waals surface area contributed by atoms with Crippen LogP contribution in [0.3, 0.4) is 0 Å². The van der Waals surface area contributed by atoms with E-state index < -0.39 is 74.2 Å². The number of aliphatic hydroxyl groups is 7. The molecule has 1 aliphatic rings. The number of carbonyl (C=O) groups excluding carboxylic acids is 1. The van der Waals surface area contributed by atoms with E-state index in [9.17, 15) is 40.5 Å². The van der Waals surface area contributed by atoms with Gasteiger partial charge in [0.25, 0.3) is 0 Å². The Morgan fingerprint density at radius 3 is 1.41 bits per heavy atom. The Balaban J connectivity index is 2.40. The van der Waals surface area contributed by atoms with Gasteiger partial charge < -0.3 is 50.5 Å². The standard InChI is InChI=1S/C48H95NO10/c1-4-6-7-8-9-10-11-12-13-14-15-16-17-18-23-26-29-32-35-41(52)47(57)49-39(37-58-48-46(56)45(55)44(54)42(36-50)59-48)43(53)40(51)34-31-28-25-22-20-19-21-24-27-30-33-38(3)5-2/h38-46,48,50-56H,4-37H2,1-3H3,(H,49,57)/t38-,39+,40-,41-,42-,43+,44-,45+,46-,48-/m1/s1. The second kappa shape index (κ2) is 37.6. The topological polar surface area (TPSA) is 189 Å². The van der Waals surface area contributed by atoms with Crippen molar-refractivity contribution in [3.05, 3.63) is 0 Å². The molecule has 0 bridgehead atoms. The van der Waals surface area contributed by atoms with Crippen molar-refractivity contribution in [3.63, 3.8) is 0 Å². The minimum atomic E-state index is -1.66. The van der Waals surface area contributed by atoms with E-state index in [1.165, 1.54) is 141 Å². The summed E-state index contributed by atoms with van der Waals surface area (Å²) in [5, 5.41) is 75.8. The lowest BCUT2D eigenvalue weighted by atomic mass is 9.98. The second-order valence-corrected chi connectivity index (χ2v) is 18.1. The van der Waals surface area contributed by atoms with Crippen molar-refractivity contribution in [1.82, 2.24) is 5.32 Å². The van der Waals surface area contributed by atoms with Gasteiger partial charge in [0.05, 0.1) is 25.4 Å². The Bertz CT molecular complexity index is 943. The van der Waals surface area contributed by atoms with E-state index in [2.05, 4.69) is 26.1 Å². The van der Waals surface area contributed by atoms with Gasteiger partial charge in [0.2, 0.25) is 5.91 Å². The van der Waals surface area contributed by atoms with Gasteiger partial charge in [0.15, 0.2) is 6.29 Å². The zero-order valence-electron chi connectivity index (χ0n) is 38.2. The molecule has 1 saturated heterocycles. The monoisotopic (exact) mass is 846 g/mol. The minimum Gasteiger partial charge on any atom is -0.394 e. The van der Waals surface area contributed by atoms with Crippen LogP contribution in [0.15, 0.2) is 0 Å². The summed E-state index contributed by atoms with van der Waals surface area (Å²) in [6.45, 7) is 5.80. The lowest BCUT2D eigenvalue weighted by molar-refractivity contribution is -0.303. The second-order valence-electron chi connectivity index (χ2n) is 18.1. The van der Waals surface area contributed by atoms with E-state index in [1.807, 2.05) is 0 Å². The summed E-state index contributed by atoms with van der Waals surface area (Å²) in [5.74, 6) is 0.135. The third kappa shape index (κ3) is 27.7. The zero-order valence-corrected chi connectivity index (χ0v) is 38.2. The highest BCUT2D eigenvalue weighted by molar-refractivity contribution is 5.80. The third-order valence-corrected chi connectivity index (χ3v) is 12.7. The predicted molar refractivity (Wildman–Crippen MR) is 238 cm³/mol. The van der Waals surface area contributed by atoms with Gasteiger partial charge in [-0.2, -0.15) is 0 Å². The van der Waals surface area contributed by atoms with Crippen LogP contribution >= 0.6 is 0 Å². The number of amides is 1. The summed E-state index contributed by atoms with van der Waals surface area (Å²) in [5.41, 5.74) is 0. The van der Waals surface area contributed by atoms with Gasteiger partial charge >= 0.3 is 0 Å². The summed E-state index contributed by atoms with van der Waals surface area (Å²) in [6.07, 6.45) is 25.7. The van der Waals surface area contributed by atoms with E-state index in [4.69, 9.17) is 9.47 Å². The maximum atomic E-state index is 13.1. The molecule has 10 atom stereocenters. The molecule has 0 spiro atoms. The maximum absolute atomic E-state index is 13.1. The van der Waals surface area contributed by atoms with E-state index in [0.717, 1.165) is 44.4 Å². The first kappa shape index (κ1) is 56.1. The van der Waals surface area contributed by atoms with Gasteiger partial charge in [-0.15, -0.1) is 0 Å². The molecular weight excluding hydrogens is 751 g/mol. The molecule has 0 aromatic heterocycles. The number of aliphatic hydroxyl groups excluding tert-OH is 7. The number of rotatable bonds is 41. The summed E-state index contributed by atoms with van der Waals surface area (Å²) >= 11 is 0. The smallest absolute Gasteiger partial charge is 0.249 e. The number of nitrogens with one attached hydrogen (secondary N) is 1. The third-order valence-electron chi connectivity index (χ3n) is 12.7. The summed E-state index contributed by atoms with van der Waals surface area (Å²) in [7, 11) is 0. The molecule has 0 radical (unpaired) electrons. The zero-order chi connectivity index (χ0) is 43.5. The average Bonchev–Trinajstić information content (AvgIpc) is 3.24. The maximum Gasteiger partial charge on any atom is 0.249 e. The van der Waals surface area contributed by atoms with Gasteiger partial charge in [-0.3, -0.25) is 4.79 Å². The number of hydrogen-bond acceptors (Lipinski definition) is 10. The first-order chi connectivity index (χ1) is 28.6. The van der Waals surface area contributed by atoms with Crippen LogP contribution in [0.4, 0.5) is 0 Å². The van der Waals surface area contributed by atoms with E-state index in [1.54, 1.807) is 0 Å². The predicted octanol–water partition coefficient (Wildman–Crippen LogP) is 8.53. The Hall–Kier alpha value is -0.890. The van der Waals surface area contributed by atoms with Gasteiger partial charge in [0, 0.05) is 0 Å². The van der Waals surface area contributed by atoms with Crippen LogP contribution in [-0.4, -0.2) is 110 Å². The van der Waals surface area contributed by atoms with Crippen LogP contribution in [0.25, 0.3) is 0 Å². The Morgan fingerprint density at radius 1 is 0.576 bits per heavy atom. The summed E-state index contributed by atoms with van der Waals surface area (Å²) in [4.78, 5) is 13.1. The van der Waals surface area contributed by atoms with Crippen LogP contribution in [0, 0.1) is 5.92 Å². The molecule has 59 heavy (non-hydrogen) atoms. The van der Waals surface area contributed by atoms with E-state index >= 15 is 0 Å². The average molecular weight is 846 g/mol. The van der Waals surface area contributed by atoms with Crippen LogP contribution in [0.1, 0.15) is 226 Å². The molecule has 11 heteroatoms. The number of ether oxygens (including phenoxy) is 2. The van der Waals surface area contributed by atoms with Gasteiger partial charge in [-0.25, -0.2) is 0 Å². The van der Waals surface area contributed by atoms with Crippen LogP contribution in [-0.2, 0) is 14.3 Å². The number of unbranched alkanes of at least 4 members (excludes halogenated alkanes) is 26. The lowest BCUT2D eigenvalue weighted by Gasteiger charge is -2.40. The molecular formula is C48H95NO10. The van der Waals surface area contributed by atoms with Crippen molar-refractivity contribution in [1.29, 1.82) is 0 Å². The molecule has 352 valence electrons. The van der Waals surface area contributed by atoms with Crippen molar-refractivity contribution in [2.75, 3.05) is 13.2 Å². The van der Waals surface area contributed by atoms with Gasteiger partial charge in [-0.05, 0) is 18.8 Å². The fourth-order valence-electron chi connectivity index (χ4n) is 8.18. The lowest BCUT2D eigenvalue weighted by Crippen LogP contribution is -2.60. The Kier molecular flexibility index (Phi) is 35.8. The minimum absolute atomic E-state index is 0.266. The van der Waals surface area contributed by atoms with Crippen molar-refractivity contribution < 1.29 is 50.0 Å². The van der Waals surface area contributed by atoms with Gasteiger partial charge in [-0.1, -0.05) is 213 Å². The molecule has 1 fully saturated rings. The fourth-order valence-corrected chi connectivity index (χ4v) is 8.18. The Morgan fingerprint density at radius 2 is 0.983 bits per heavy atom. The molecule has 1 heterocycles. The summed E-state index contributed by atoms with van der Waals surface area (Å²) < 4.78 is 11.1. The molecule has 0 saturated carbocycles. The normalized spacial score (nSPS) is 22.2. The SMILES string of the molecule is CCCCCCCCCCCCCCCCCCCC[C@@H](O)C(=O)N[C@@H](CO[C@@H]1O[C@H](CO)[C@@H](O)[C@H](O)[C@H]1O)[C@H](O)[C@H](O)CCCCCCCCCCCC[C@H](C)CC. The van der Waals surface area contributed by atoms with Crippen molar-refractivity contribution in [3.8, 4) is 0 Å².